The lowest BCUT2D eigenvalue weighted by Crippen LogP contribution is -2.40. The van der Waals surface area contributed by atoms with Gasteiger partial charge in [0.15, 0.2) is 5.60 Å². The van der Waals surface area contributed by atoms with E-state index in [9.17, 15) is 14.4 Å². The number of fused-ring (bicyclic) bond motifs is 3. The number of methoxy groups -OCH3 is 1. The molecule has 4 aromatic rings. The number of amides is 1. The van der Waals surface area contributed by atoms with Gasteiger partial charge < -0.3 is 19.2 Å². The molecule has 0 unspecified atom stereocenters. The van der Waals surface area contributed by atoms with Gasteiger partial charge in [0.1, 0.15) is 17.4 Å². The Kier molecular flexibility index (Phi) is 8.86. The molecule has 1 fully saturated rings. The van der Waals surface area contributed by atoms with Crippen molar-refractivity contribution >= 4 is 28.6 Å². The quantitative estimate of drug-likeness (QED) is 0.149. The van der Waals surface area contributed by atoms with Gasteiger partial charge in [-0.2, -0.15) is 0 Å². The molecule has 4 heterocycles. The van der Waals surface area contributed by atoms with Crippen molar-refractivity contribution < 1.29 is 28.3 Å². The maximum atomic E-state index is 13.6. The lowest BCUT2D eigenvalue weighted by Gasteiger charge is -2.35. The molecule has 3 aromatic heterocycles. The van der Waals surface area contributed by atoms with Crippen LogP contribution in [-0.2, 0) is 19.9 Å². The van der Waals surface area contributed by atoms with E-state index in [-0.39, 0.29) is 29.5 Å². The standard InChI is InChI=1S/C34H37N5O6/c1-3-23(40)11-5-4-6-14-27(32-39-38-31(44-32)25-20-22-10-7-8-13-26(22)37-30(25)43-2)36-29(41)21-15-17-34(18-16-21)28-24(33(42)45-34)12-9-19-35-28/h7-10,12-13,19-21,27H,3-6,11,14-18H2,1-2H3,(H,36,41)/t21?,27-,34?/m1/s1. The van der Waals surface area contributed by atoms with Crippen LogP contribution >= 0.6 is 0 Å². The van der Waals surface area contributed by atoms with Gasteiger partial charge in [-0.1, -0.05) is 38.0 Å². The van der Waals surface area contributed by atoms with Crippen molar-refractivity contribution in [1.29, 1.82) is 0 Å². The summed E-state index contributed by atoms with van der Waals surface area (Å²) in [4.78, 5) is 46.9. The molecule has 0 saturated heterocycles. The first-order valence-corrected chi connectivity index (χ1v) is 15.7. The number of unbranched alkanes of at least 4 members (excludes halogenated alkanes) is 2. The van der Waals surface area contributed by atoms with E-state index in [1.807, 2.05) is 37.3 Å². The third-order valence-corrected chi connectivity index (χ3v) is 8.92. The smallest absolute Gasteiger partial charge is 0.341 e. The molecular weight excluding hydrogens is 574 g/mol. The van der Waals surface area contributed by atoms with Crippen molar-refractivity contribution in [2.75, 3.05) is 7.11 Å². The number of ether oxygens (including phenoxy) is 2. The fraction of sp³-hybridized carbons (Fsp3) is 0.441. The largest absolute Gasteiger partial charge is 0.480 e. The molecule has 2 aliphatic rings. The van der Waals surface area contributed by atoms with Gasteiger partial charge in [-0.15, -0.1) is 10.2 Å². The van der Waals surface area contributed by atoms with Gasteiger partial charge in [-0.25, -0.2) is 9.78 Å². The number of nitrogens with zero attached hydrogens (tertiary/aromatic N) is 4. The molecule has 6 rings (SSSR count). The lowest BCUT2D eigenvalue weighted by molar-refractivity contribution is -0.129. The molecule has 1 spiro atoms. The second-order valence-electron chi connectivity index (χ2n) is 11.8. The van der Waals surface area contributed by atoms with Crippen LogP contribution in [0.2, 0.25) is 0 Å². The van der Waals surface area contributed by atoms with Crippen LogP contribution in [-0.4, -0.2) is 44.9 Å². The van der Waals surface area contributed by atoms with E-state index in [2.05, 4.69) is 25.5 Å². The molecule has 234 valence electrons. The third-order valence-electron chi connectivity index (χ3n) is 8.92. The highest BCUT2D eigenvalue weighted by atomic mass is 16.6. The maximum absolute atomic E-state index is 13.6. The Bertz CT molecular complexity index is 1710. The molecule has 1 aliphatic carbocycles. The summed E-state index contributed by atoms with van der Waals surface area (Å²) < 4.78 is 17.5. The van der Waals surface area contributed by atoms with Gasteiger partial charge in [0.05, 0.1) is 23.9 Å². The number of nitrogens with one attached hydrogen (secondary N) is 1. The number of hydrogen-bond donors (Lipinski definition) is 1. The van der Waals surface area contributed by atoms with Crippen molar-refractivity contribution in [3.05, 3.63) is 65.8 Å². The lowest BCUT2D eigenvalue weighted by atomic mass is 9.76. The number of esters is 1. The number of pyridine rings is 2. The molecule has 1 amide bonds. The Hall–Kier alpha value is -4.67. The molecule has 1 aliphatic heterocycles. The van der Waals surface area contributed by atoms with E-state index in [0.717, 1.165) is 30.2 Å². The van der Waals surface area contributed by atoms with Gasteiger partial charge in [0.25, 0.3) is 5.89 Å². The van der Waals surface area contributed by atoms with Crippen LogP contribution < -0.4 is 10.1 Å². The van der Waals surface area contributed by atoms with E-state index in [4.69, 9.17) is 13.9 Å². The number of hydrogen-bond acceptors (Lipinski definition) is 10. The molecule has 45 heavy (non-hydrogen) atoms. The summed E-state index contributed by atoms with van der Waals surface area (Å²) in [5, 5.41) is 12.7. The molecule has 1 saturated carbocycles. The number of rotatable bonds is 12. The van der Waals surface area contributed by atoms with E-state index in [1.165, 1.54) is 0 Å². The number of benzene rings is 1. The van der Waals surface area contributed by atoms with E-state index < -0.39 is 11.6 Å². The van der Waals surface area contributed by atoms with Crippen LogP contribution in [0.5, 0.6) is 5.88 Å². The van der Waals surface area contributed by atoms with E-state index in [0.29, 0.717) is 73.5 Å². The zero-order chi connectivity index (χ0) is 31.4. The number of Topliss-reactive ketones (excluding diaryl/α,β-unsaturated/α-hetero) is 1. The van der Waals surface area contributed by atoms with Crippen molar-refractivity contribution in [2.24, 2.45) is 5.92 Å². The monoisotopic (exact) mass is 611 g/mol. The average Bonchev–Trinajstić information content (AvgIpc) is 3.66. The summed E-state index contributed by atoms with van der Waals surface area (Å²) in [6.45, 7) is 1.88. The Balaban J connectivity index is 1.17. The minimum Gasteiger partial charge on any atom is -0.480 e. The zero-order valence-corrected chi connectivity index (χ0v) is 25.6. The number of carbonyl (C=O) groups is 3. The SMILES string of the molecule is CCC(=O)CCCCC[C@@H](NC(=O)C1CCC2(CC1)OC(=O)c1cccnc12)c1nnc(-c2cc3ccccc3nc2OC)o1. The molecule has 0 radical (unpaired) electrons. The number of para-hydroxylation sites is 1. The van der Waals surface area contributed by atoms with Crippen molar-refractivity contribution in [1.82, 2.24) is 25.5 Å². The number of carbonyl (C=O) groups excluding carboxylic acids is 3. The summed E-state index contributed by atoms with van der Waals surface area (Å²) in [5.41, 5.74) is 1.76. The molecule has 1 N–H and O–H groups in total. The molecule has 11 heteroatoms. The second-order valence-corrected chi connectivity index (χ2v) is 11.8. The number of ketones is 1. The van der Waals surface area contributed by atoms with Gasteiger partial charge in [-0.05, 0) is 62.8 Å². The van der Waals surface area contributed by atoms with Crippen molar-refractivity contribution in [3.8, 4) is 17.3 Å². The minimum atomic E-state index is -0.770. The second kappa shape index (κ2) is 13.1. The predicted molar refractivity (Wildman–Crippen MR) is 164 cm³/mol. The summed E-state index contributed by atoms with van der Waals surface area (Å²) in [5.74, 6) is 0.442. The van der Waals surface area contributed by atoms with Crippen LogP contribution in [0.3, 0.4) is 0 Å². The highest BCUT2D eigenvalue weighted by Gasteiger charge is 2.49. The van der Waals surface area contributed by atoms with Crippen LogP contribution in [0.4, 0.5) is 0 Å². The minimum absolute atomic E-state index is 0.105. The van der Waals surface area contributed by atoms with Gasteiger partial charge in [0, 0.05) is 30.3 Å². The first-order valence-electron chi connectivity index (χ1n) is 15.7. The maximum Gasteiger partial charge on any atom is 0.341 e. The fourth-order valence-corrected chi connectivity index (χ4v) is 6.36. The van der Waals surface area contributed by atoms with Gasteiger partial charge in [0.2, 0.25) is 17.7 Å². The van der Waals surface area contributed by atoms with Crippen LogP contribution in [0.1, 0.15) is 99.1 Å². The van der Waals surface area contributed by atoms with E-state index >= 15 is 0 Å². The zero-order valence-electron chi connectivity index (χ0n) is 25.6. The van der Waals surface area contributed by atoms with Gasteiger partial charge >= 0.3 is 5.97 Å². The summed E-state index contributed by atoms with van der Waals surface area (Å²) in [7, 11) is 1.54. The normalized spacial score (nSPS) is 19.7. The molecule has 0 bridgehead atoms. The summed E-state index contributed by atoms with van der Waals surface area (Å²) in [6.07, 6.45) is 7.90. The number of aromatic nitrogens is 4. The Morgan fingerprint density at radius 1 is 1.07 bits per heavy atom. The van der Waals surface area contributed by atoms with Crippen LogP contribution in [0, 0.1) is 5.92 Å². The third kappa shape index (κ3) is 6.29. The highest BCUT2D eigenvalue weighted by Crippen LogP contribution is 2.47. The predicted octanol–water partition coefficient (Wildman–Crippen LogP) is 6.03. The van der Waals surface area contributed by atoms with Crippen LogP contribution in [0.25, 0.3) is 22.4 Å². The highest BCUT2D eigenvalue weighted by molar-refractivity contribution is 5.94. The molecule has 1 atom stereocenters. The molecular formula is C34H37N5O6. The van der Waals surface area contributed by atoms with Gasteiger partial charge in [-0.3, -0.25) is 14.6 Å². The average molecular weight is 612 g/mol. The van der Waals surface area contributed by atoms with Crippen molar-refractivity contribution in [2.45, 2.75) is 82.8 Å². The fourth-order valence-electron chi connectivity index (χ4n) is 6.36. The Labute approximate surface area is 261 Å². The molecule has 11 nitrogen and oxygen atoms in total. The van der Waals surface area contributed by atoms with Crippen LogP contribution in [0.15, 0.2) is 53.1 Å². The van der Waals surface area contributed by atoms with E-state index in [1.54, 1.807) is 25.4 Å². The topological polar surface area (TPSA) is 146 Å². The summed E-state index contributed by atoms with van der Waals surface area (Å²) >= 11 is 0. The first-order chi connectivity index (χ1) is 21.9. The Morgan fingerprint density at radius 2 is 1.89 bits per heavy atom. The van der Waals surface area contributed by atoms with Crippen molar-refractivity contribution in [3.63, 3.8) is 0 Å². The Morgan fingerprint density at radius 3 is 2.69 bits per heavy atom. The molecule has 1 aromatic carbocycles. The first kappa shape index (κ1) is 30.4. The summed E-state index contributed by atoms with van der Waals surface area (Å²) in [6, 6.07) is 12.5.